The van der Waals surface area contributed by atoms with E-state index in [0.29, 0.717) is 6.42 Å². The monoisotopic (exact) mass is 319 g/mol. The molecule has 0 saturated heterocycles. The molecule has 3 heteroatoms. The number of hydrogen-bond donors (Lipinski definition) is 1. The van der Waals surface area contributed by atoms with Crippen LogP contribution in [-0.4, -0.2) is 10.1 Å². The second kappa shape index (κ2) is 5.85. The molecule has 0 radical (unpaired) electrons. The molecule has 0 bridgehead atoms. The van der Waals surface area contributed by atoms with Crippen LogP contribution >= 0.6 is 15.9 Å². The lowest BCUT2D eigenvalue weighted by atomic mass is 9.94. The number of benzene rings is 1. The van der Waals surface area contributed by atoms with E-state index in [2.05, 4.69) is 46.9 Å². The van der Waals surface area contributed by atoms with Gasteiger partial charge in [-0.25, -0.2) is 0 Å². The molecule has 1 N–H and O–H groups in total. The minimum Gasteiger partial charge on any atom is -0.388 e. The lowest BCUT2D eigenvalue weighted by Gasteiger charge is -2.16. The smallest absolute Gasteiger partial charge is 0.0833 e. The molecule has 2 aromatic rings. The van der Waals surface area contributed by atoms with Gasteiger partial charge in [-0.2, -0.15) is 0 Å². The fourth-order valence-corrected chi connectivity index (χ4v) is 2.65. The maximum atomic E-state index is 10.4. The largest absolute Gasteiger partial charge is 0.388 e. The predicted octanol–water partition coefficient (Wildman–Crippen LogP) is 4.05. The van der Waals surface area contributed by atoms with Crippen molar-refractivity contribution in [1.29, 1.82) is 0 Å². The highest BCUT2D eigenvalue weighted by atomic mass is 79.9. The summed E-state index contributed by atoms with van der Waals surface area (Å²) in [5.74, 6) is 0. The van der Waals surface area contributed by atoms with Gasteiger partial charge in [-0.3, -0.25) is 4.98 Å². The van der Waals surface area contributed by atoms with Crippen molar-refractivity contribution in [3.05, 3.63) is 62.9 Å². The Hall–Kier alpha value is -1.19. The molecule has 2 nitrogen and oxygen atoms in total. The molecule has 0 fully saturated rings. The Bertz CT molecular complexity index is 595. The number of halogens is 1. The lowest BCUT2D eigenvalue weighted by Crippen LogP contribution is -2.05. The van der Waals surface area contributed by atoms with Gasteiger partial charge in [0.2, 0.25) is 0 Å². The van der Waals surface area contributed by atoms with E-state index in [9.17, 15) is 5.11 Å². The van der Waals surface area contributed by atoms with Crippen LogP contribution in [0.4, 0.5) is 0 Å². The van der Waals surface area contributed by atoms with Crippen LogP contribution in [0.3, 0.4) is 0 Å². The summed E-state index contributed by atoms with van der Waals surface area (Å²) in [7, 11) is 0. The molecule has 1 aromatic heterocycles. The fourth-order valence-electron chi connectivity index (χ4n) is 2.24. The Labute approximate surface area is 122 Å². The van der Waals surface area contributed by atoms with Crippen LogP contribution in [0.5, 0.6) is 0 Å². The van der Waals surface area contributed by atoms with E-state index < -0.39 is 6.10 Å². The van der Waals surface area contributed by atoms with Crippen molar-refractivity contribution in [1.82, 2.24) is 4.98 Å². The van der Waals surface area contributed by atoms with Gasteiger partial charge in [-0.15, -0.1) is 0 Å². The number of nitrogens with zero attached hydrogens (tertiary/aromatic N) is 1. The predicted molar refractivity (Wildman–Crippen MR) is 81.3 cm³/mol. The Morgan fingerprint density at radius 1 is 1.05 bits per heavy atom. The molecule has 0 aliphatic rings. The first-order valence-corrected chi connectivity index (χ1v) is 7.12. The zero-order valence-corrected chi connectivity index (χ0v) is 13.0. The maximum Gasteiger partial charge on any atom is 0.0833 e. The zero-order valence-electron chi connectivity index (χ0n) is 11.4. The number of aliphatic hydroxyl groups is 1. The van der Waals surface area contributed by atoms with Crippen LogP contribution in [-0.2, 0) is 6.42 Å². The molecule has 0 aliphatic heterocycles. The molecule has 2 rings (SSSR count). The van der Waals surface area contributed by atoms with Gasteiger partial charge in [0.25, 0.3) is 0 Å². The first kappa shape index (κ1) is 14.2. The molecule has 0 amide bonds. The third-order valence-corrected chi connectivity index (χ3v) is 3.87. The lowest BCUT2D eigenvalue weighted by molar-refractivity contribution is 0.177. The Morgan fingerprint density at radius 3 is 2.42 bits per heavy atom. The molecule has 0 saturated carbocycles. The van der Waals surface area contributed by atoms with Crippen molar-refractivity contribution >= 4 is 15.9 Å². The van der Waals surface area contributed by atoms with Gasteiger partial charge in [0, 0.05) is 23.3 Å². The molecule has 1 atom stereocenters. The number of aliphatic hydroxyl groups excluding tert-OH is 1. The van der Waals surface area contributed by atoms with E-state index in [1.807, 2.05) is 13.0 Å². The van der Waals surface area contributed by atoms with Crippen LogP contribution in [0.1, 0.15) is 33.9 Å². The van der Waals surface area contributed by atoms with Crippen molar-refractivity contribution in [2.24, 2.45) is 0 Å². The SMILES string of the molecule is Cc1cc(C)c(C(O)Cc2cncc(Br)c2)cc1C. The summed E-state index contributed by atoms with van der Waals surface area (Å²) < 4.78 is 0.939. The quantitative estimate of drug-likeness (QED) is 0.926. The number of aromatic nitrogens is 1. The highest BCUT2D eigenvalue weighted by Crippen LogP contribution is 2.25. The highest BCUT2D eigenvalue weighted by Gasteiger charge is 2.13. The Morgan fingerprint density at radius 2 is 1.74 bits per heavy atom. The minimum atomic E-state index is -0.490. The van der Waals surface area contributed by atoms with E-state index in [-0.39, 0.29) is 0 Å². The van der Waals surface area contributed by atoms with Crippen molar-refractivity contribution in [3.8, 4) is 0 Å². The minimum absolute atomic E-state index is 0.490. The average Bonchev–Trinajstić information content (AvgIpc) is 2.33. The summed E-state index contributed by atoms with van der Waals surface area (Å²) in [6.07, 6.45) is 3.63. The van der Waals surface area contributed by atoms with E-state index in [1.165, 1.54) is 11.1 Å². The van der Waals surface area contributed by atoms with Gasteiger partial charge in [0.05, 0.1) is 6.10 Å². The van der Waals surface area contributed by atoms with Crippen LogP contribution in [0.25, 0.3) is 0 Å². The molecule has 19 heavy (non-hydrogen) atoms. The van der Waals surface area contributed by atoms with Gasteiger partial charge >= 0.3 is 0 Å². The molecular formula is C16H18BrNO. The summed E-state index contributed by atoms with van der Waals surface area (Å²) >= 11 is 3.40. The van der Waals surface area contributed by atoms with Crippen LogP contribution in [0.2, 0.25) is 0 Å². The van der Waals surface area contributed by atoms with E-state index in [0.717, 1.165) is 21.2 Å². The van der Waals surface area contributed by atoms with Crippen LogP contribution < -0.4 is 0 Å². The van der Waals surface area contributed by atoms with Gasteiger partial charge in [-0.1, -0.05) is 12.1 Å². The summed E-state index contributed by atoms with van der Waals surface area (Å²) in [6.45, 7) is 6.21. The van der Waals surface area contributed by atoms with Crippen molar-refractivity contribution in [3.63, 3.8) is 0 Å². The molecule has 1 heterocycles. The van der Waals surface area contributed by atoms with Gasteiger partial charge < -0.3 is 5.11 Å². The zero-order chi connectivity index (χ0) is 14.0. The van der Waals surface area contributed by atoms with Crippen molar-refractivity contribution in [2.75, 3.05) is 0 Å². The van der Waals surface area contributed by atoms with Gasteiger partial charge in [0.1, 0.15) is 0 Å². The standard InChI is InChI=1S/C16H18BrNO/c1-10-4-12(3)15(5-11(10)2)16(19)7-13-6-14(17)9-18-8-13/h4-6,8-9,16,19H,7H2,1-3H3. The molecule has 1 unspecified atom stereocenters. The Kier molecular flexibility index (Phi) is 4.38. The van der Waals surface area contributed by atoms with Gasteiger partial charge in [-0.05, 0) is 70.6 Å². The molecule has 100 valence electrons. The van der Waals surface area contributed by atoms with Gasteiger partial charge in [0.15, 0.2) is 0 Å². The topological polar surface area (TPSA) is 33.1 Å². The maximum absolute atomic E-state index is 10.4. The first-order valence-electron chi connectivity index (χ1n) is 6.32. The average molecular weight is 320 g/mol. The van der Waals surface area contributed by atoms with Crippen molar-refractivity contribution in [2.45, 2.75) is 33.3 Å². The van der Waals surface area contributed by atoms with Crippen LogP contribution in [0, 0.1) is 20.8 Å². The molecule has 0 aliphatic carbocycles. The highest BCUT2D eigenvalue weighted by molar-refractivity contribution is 9.10. The number of hydrogen-bond acceptors (Lipinski definition) is 2. The van der Waals surface area contributed by atoms with E-state index in [1.54, 1.807) is 12.4 Å². The van der Waals surface area contributed by atoms with E-state index >= 15 is 0 Å². The first-order chi connectivity index (χ1) is 8.97. The summed E-state index contributed by atoms with van der Waals surface area (Å²) in [5, 5.41) is 10.4. The third kappa shape index (κ3) is 3.43. The molecule has 0 spiro atoms. The Balaban J connectivity index is 2.25. The van der Waals surface area contributed by atoms with E-state index in [4.69, 9.17) is 0 Å². The fraction of sp³-hybridized carbons (Fsp3) is 0.312. The number of pyridine rings is 1. The second-order valence-corrected chi connectivity index (χ2v) is 5.94. The summed E-state index contributed by atoms with van der Waals surface area (Å²) in [4.78, 5) is 4.13. The normalized spacial score (nSPS) is 12.5. The molecular weight excluding hydrogens is 302 g/mol. The third-order valence-electron chi connectivity index (χ3n) is 3.43. The number of aryl methyl sites for hydroxylation is 3. The number of rotatable bonds is 3. The van der Waals surface area contributed by atoms with Crippen molar-refractivity contribution < 1.29 is 5.11 Å². The summed E-state index contributed by atoms with van der Waals surface area (Å²) in [6, 6.07) is 6.21. The second-order valence-electron chi connectivity index (χ2n) is 5.02. The van der Waals surface area contributed by atoms with Crippen LogP contribution in [0.15, 0.2) is 35.1 Å². The summed E-state index contributed by atoms with van der Waals surface area (Å²) in [5.41, 5.74) is 5.64. The molecule has 1 aromatic carbocycles.